The Morgan fingerprint density at radius 2 is 1.71 bits per heavy atom. The number of hydrogen-bond acceptors (Lipinski definition) is 1. The predicted octanol–water partition coefficient (Wildman–Crippen LogP) is 2.01. The Morgan fingerprint density at radius 1 is 1.29 bits per heavy atom. The van der Waals surface area contributed by atoms with Gasteiger partial charge in [0, 0.05) is 6.92 Å². The third-order valence-electron chi connectivity index (χ3n) is 0.431. The second-order valence-corrected chi connectivity index (χ2v) is 1.71. The van der Waals surface area contributed by atoms with E-state index in [0.29, 0.717) is 0 Å². The van der Waals surface area contributed by atoms with Crippen LogP contribution in [-0.2, 0) is 0 Å². The molecule has 0 heterocycles. The van der Waals surface area contributed by atoms with Crippen LogP contribution in [0.25, 0.3) is 0 Å². The molecule has 1 heteroatoms. The molecule has 7 heavy (non-hydrogen) atoms. The van der Waals surface area contributed by atoms with Gasteiger partial charge in [0.05, 0.1) is 0 Å². The van der Waals surface area contributed by atoms with E-state index in [1.165, 1.54) is 0 Å². The van der Waals surface area contributed by atoms with Gasteiger partial charge < -0.3 is 5.11 Å². The summed E-state index contributed by atoms with van der Waals surface area (Å²) in [7, 11) is 0. The second-order valence-electron chi connectivity index (χ2n) is 1.71. The molecule has 0 aliphatic heterocycles. The zero-order valence-electron chi connectivity index (χ0n) is 4.95. The van der Waals surface area contributed by atoms with Crippen LogP contribution in [0.4, 0.5) is 0 Å². The number of aliphatic hydroxyl groups is 1. The van der Waals surface area contributed by atoms with E-state index in [0.717, 1.165) is 5.57 Å². The smallest absolute Gasteiger partial charge is 0.131 e. The molecule has 1 nitrogen and oxygen atoms in total. The van der Waals surface area contributed by atoms with Gasteiger partial charge in [-0.3, -0.25) is 0 Å². The largest absolute Gasteiger partial charge is 0.505 e. The number of aliphatic hydroxyl groups excluding tert-OH is 1. The molecule has 0 saturated heterocycles. The van der Waals surface area contributed by atoms with E-state index >= 15 is 0 Å². The maximum atomic E-state index is 8.51. The first-order valence-corrected chi connectivity index (χ1v) is 2.22. The average molecular weight is 98.1 g/mol. The molecule has 0 rings (SSSR count). The lowest BCUT2D eigenvalue weighted by atomic mass is 10.4. The molecule has 0 aromatic carbocycles. The van der Waals surface area contributed by atoms with Gasteiger partial charge in [0.15, 0.2) is 0 Å². The third-order valence-corrected chi connectivity index (χ3v) is 0.431. The van der Waals surface area contributed by atoms with Crippen LogP contribution in [0.2, 0.25) is 0 Å². The highest BCUT2D eigenvalue weighted by Gasteiger charge is 1.71. The van der Waals surface area contributed by atoms with Gasteiger partial charge in [-0.05, 0) is 19.4 Å². The van der Waals surface area contributed by atoms with Gasteiger partial charge in [-0.15, -0.1) is 0 Å². The van der Waals surface area contributed by atoms with Gasteiger partial charge >= 0.3 is 0 Å². The molecule has 0 amide bonds. The Kier molecular flexibility index (Phi) is 2.24. The van der Waals surface area contributed by atoms with E-state index in [9.17, 15) is 0 Å². The summed E-state index contributed by atoms with van der Waals surface area (Å²) in [6.45, 7) is 5.38. The van der Waals surface area contributed by atoms with Crippen LogP contribution in [-0.4, -0.2) is 5.11 Å². The Hall–Kier alpha value is -0.680. The molecular weight excluding hydrogens is 88.1 g/mol. The monoisotopic (exact) mass is 98.1 g/mol. The van der Waals surface area contributed by atoms with E-state index in [4.69, 9.17) is 5.11 Å². The number of hydrogen-bond donors (Lipinski definition) is 1. The molecule has 0 bridgehead atoms. The summed E-state index contributed by atoms with van der Waals surface area (Å²) in [6, 6.07) is 0. The maximum absolute atomic E-state index is 8.51. The summed E-state index contributed by atoms with van der Waals surface area (Å²) >= 11 is 0. The van der Waals surface area contributed by atoms with Crippen LogP contribution in [0, 0.1) is 0 Å². The molecule has 0 aromatic rings. The fourth-order valence-electron chi connectivity index (χ4n) is 0.362. The predicted molar refractivity (Wildman–Crippen MR) is 30.2 cm³/mol. The topological polar surface area (TPSA) is 20.2 Å². The quantitative estimate of drug-likeness (QED) is 0.363. The van der Waals surface area contributed by atoms with Crippen LogP contribution in [0.1, 0.15) is 20.8 Å². The second kappa shape index (κ2) is 2.49. The lowest BCUT2D eigenvalue weighted by Gasteiger charge is -1.78. The molecule has 0 spiro atoms. The summed E-state index contributed by atoms with van der Waals surface area (Å²) in [6.07, 6.45) is 0. The van der Waals surface area contributed by atoms with Crippen molar-refractivity contribution in [3.8, 4) is 0 Å². The van der Waals surface area contributed by atoms with Crippen LogP contribution < -0.4 is 0 Å². The first-order valence-electron chi connectivity index (χ1n) is 2.22. The Balaban J connectivity index is 4.13. The normalized spacial score (nSPS) is 7.29. The SMILES string of the molecule is CC(C)=C=C(C)O. The highest BCUT2D eigenvalue weighted by Crippen LogP contribution is 1.86. The van der Waals surface area contributed by atoms with Gasteiger partial charge in [0.25, 0.3) is 0 Å². The van der Waals surface area contributed by atoms with Crippen molar-refractivity contribution >= 4 is 0 Å². The van der Waals surface area contributed by atoms with Crippen LogP contribution in [0.15, 0.2) is 17.1 Å². The zero-order valence-corrected chi connectivity index (χ0v) is 4.95. The Bertz CT molecular complexity index is 96.1. The fourth-order valence-corrected chi connectivity index (χ4v) is 0.362. The van der Waals surface area contributed by atoms with Crippen LogP contribution in [0.3, 0.4) is 0 Å². The van der Waals surface area contributed by atoms with E-state index in [2.05, 4.69) is 5.73 Å². The number of allylic oxidation sites excluding steroid dienone is 1. The molecule has 0 aromatic heterocycles. The fraction of sp³-hybridized carbons (Fsp3) is 0.500. The third kappa shape index (κ3) is 5.32. The average Bonchev–Trinajstić information content (AvgIpc) is 1.27. The molecule has 40 valence electrons. The summed E-state index contributed by atoms with van der Waals surface area (Å²) in [5.74, 6) is 0.250. The molecular formula is C6H10O. The number of rotatable bonds is 0. The maximum Gasteiger partial charge on any atom is 0.131 e. The minimum Gasteiger partial charge on any atom is -0.505 e. The molecule has 1 N–H and O–H groups in total. The van der Waals surface area contributed by atoms with E-state index in [1.807, 2.05) is 13.8 Å². The lowest BCUT2D eigenvalue weighted by molar-refractivity contribution is 0.415. The van der Waals surface area contributed by atoms with Gasteiger partial charge in [-0.2, -0.15) is 0 Å². The minimum atomic E-state index is 0.250. The molecule has 0 aliphatic carbocycles. The Labute approximate surface area is 44.0 Å². The molecule has 0 saturated carbocycles. The van der Waals surface area contributed by atoms with Crippen molar-refractivity contribution < 1.29 is 5.11 Å². The van der Waals surface area contributed by atoms with Crippen molar-refractivity contribution in [1.29, 1.82) is 0 Å². The molecule has 0 unspecified atom stereocenters. The molecule has 0 radical (unpaired) electrons. The van der Waals surface area contributed by atoms with Crippen molar-refractivity contribution in [2.24, 2.45) is 0 Å². The minimum absolute atomic E-state index is 0.250. The molecule has 0 atom stereocenters. The van der Waals surface area contributed by atoms with Crippen molar-refractivity contribution in [2.45, 2.75) is 20.8 Å². The molecule has 0 fully saturated rings. The van der Waals surface area contributed by atoms with Gasteiger partial charge in [-0.25, -0.2) is 0 Å². The van der Waals surface area contributed by atoms with Crippen molar-refractivity contribution in [3.05, 3.63) is 17.1 Å². The summed E-state index contributed by atoms with van der Waals surface area (Å²) in [5, 5.41) is 8.51. The first kappa shape index (κ1) is 6.32. The summed E-state index contributed by atoms with van der Waals surface area (Å²) in [4.78, 5) is 0. The van der Waals surface area contributed by atoms with E-state index < -0.39 is 0 Å². The Morgan fingerprint density at radius 3 is 1.71 bits per heavy atom. The standard InChI is InChI=1S/C6H10O/c1-5(2)4-6(3)7/h7H,1-3H3. The van der Waals surface area contributed by atoms with Crippen molar-refractivity contribution in [1.82, 2.24) is 0 Å². The summed E-state index contributed by atoms with van der Waals surface area (Å²) in [5.41, 5.74) is 3.69. The van der Waals surface area contributed by atoms with Crippen LogP contribution >= 0.6 is 0 Å². The van der Waals surface area contributed by atoms with Gasteiger partial charge in [0.1, 0.15) is 5.76 Å². The zero-order chi connectivity index (χ0) is 5.86. The highest BCUT2D eigenvalue weighted by atomic mass is 16.3. The van der Waals surface area contributed by atoms with Crippen molar-refractivity contribution in [3.63, 3.8) is 0 Å². The van der Waals surface area contributed by atoms with Crippen LogP contribution in [0.5, 0.6) is 0 Å². The van der Waals surface area contributed by atoms with E-state index in [1.54, 1.807) is 6.92 Å². The van der Waals surface area contributed by atoms with Gasteiger partial charge in [0.2, 0.25) is 0 Å². The highest BCUT2D eigenvalue weighted by molar-refractivity contribution is 4.95. The van der Waals surface area contributed by atoms with Crippen molar-refractivity contribution in [2.75, 3.05) is 0 Å². The summed E-state index contributed by atoms with van der Waals surface area (Å²) < 4.78 is 0. The lowest BCUT2D eigenvalue weighted by Crippen LogP contribution is -1.63. The van der Waals surface area contributed by atoms with E-state index in [-0.39, 0.29) is 5.76 Å². The first-order chi connectivity index (χ1) is 3.13. The molecule has 0 aliphatic rings. The van der Waals surface area contributed by atoms with Gasteiger partial charge in [-0.1, -0.05) is 5.73 Å².